The van der Waals surface area contributed by atoms with Crippen molar-refractivity contribution in [1.82, 2.24) is 0 Å². The van der Waals surface area contributed by atoms with Crippen LogP contribution in [0, 0.1) is 6.92 Å². The Morgan fingerprint density at radius 3 is 2.38 bits per heavy atom. The molecule has 0 aliphatic heterocycles. The number of nitrogens with zero attached hydrogens (tertiary/aromatic N) is 2. The summed E-state index contributed by atoms with van der Waals surface area (Å²) in [5.74, 6) is 0. The number of hydrogen-bond acceptors (Lipinski definition) is 1. The Bertz CT molecular complexity index is 603. The van der Waals surface area contributed by atoms with Gasteiger partial charge in [0.25, 0.3) is 0 Å². The van der Waals surface area contributed by atoms with Gasteiger partial charge in [0, 0.05) is 6.21 Å². The fraction of sp³-hybridized carbons (Fsp3) is 0.133. The molecule has 0 saturated carbocycles. The molecule has 0 spiro atoms. The molecular weight excluding hydrogens is 362 g/mol. The molecule has 0 heterocycles. The first kappa shape index (κ1) is 18.5. The van der Waals surface area contributed by atoms with Crippen LogP contribution < -0.4 is 0 Å². The molecule has 2 aromatic rings. The zero-order chi connectivity index (χ0) is 15.7. The van der Waals surface area contributed by atoms with Gasteiger partial charge in [-0.1, -0.05) is 47.5 Å². The van der Waals surface area contributed by atoms with Gasteiger partial charge in [-0.05, 0) is 24.6 Å². The van der Waals surface area contributed by atoms with Crippen molar-refractivity contribution in [2.24, 2.45) is 4.99 Å². The van der Waals surface area contributed by atoms with Crippen molar-refractivity contribution < 1.29 is 17.0 Å². The van der Waals surface area contributed by atoms with Gasteiger partial charge in [0.05, 0.1) is 10.7 Å². The molecule has 6 heteroatoms. The number of rotatable bonds is 3. The Balaban J connectivity index is 0.000000677. The van der Waals surface area contributed by atoms with Crippen molar-refractivity contribution in [1.29, 1.82) is 0 Å². The average Bonchev–Trinajstić information content (AvgIpc) is 2.47. The molecule has 0 bridgehead atoms. The van der Waals surface area contributed by atoms with Crippen molar-refractivity contribution >= 4 is 47.8 Å². The molecule has 2 nitrogen and oxygen atoms in total. The van der Waals surface area contributed by atoms with Crippen LogP contribution >= 0.6 is 30.2 Å². The van der Waals surface area contributed by atoms with Crippen LogP contribution in [-0.2, 0) is 17.0 Å². The van der Waals surface area contributed by atoms with E-state index in [0.717, 1.165) is 22.5 Å². The Morgan fingerprint density at radius 2 is 1.76 bits per heavy atom. The van der Waals surface area contributed by atoms with Gasteiger partial charge in [-0.2, -0.15) is 0 Å². The first-order chi connectivity index (χ1) is 10.1. The first-order valence-electron chi connectivity index (χ1n) is 6.08. The quantitative estimate of drug-likeness (QED) is 0.437. The minimum atomic E-state index is -0.556. The molecule has 0 fully saturated rings. The molecule has 110 valence electrons. The van der Waals surface area contributed by atoms with Crippen LogP contribution in [0.4, 0.5) is 11.4 Å². The van der Waals surface area contributed by atoms with E-state index in [1.165, 1.54) is 0 Å². The summed E-state index contributed by atoms with van der Waals surface area (Å²) in [4.78, 5) is 4.41. The zero-order valence-electron chi connectivity index (χ0n) is 11.6. The summed E-state index contributed by atoms with van der Waals surface area (Å²) in [6.45, 7) is 2.04. The third kappa shape index (κ3) is 6.02. The average molecular weight is 377 g/mol. The second kappa shape index (κ2) is 10.3. The molecule has 0 aliphatic carbocycles. The Hall–Kier alpha value is -0.506. The molecule has 0 aromatic heterocycles. The van der Waals surface area contributed by atoms with E-state index >= 15 is 0 Å². The molecule has 2 aromatic carbocycles. The van der Waals surface area contributed by atoms with Crippen LogP contribution in [0.15, 0.2) is 47.5 Å². The van der Waals surface area contributed by atoms with Crippen LogP contribution in [0.2, 0.25) is 5.02 Å². The monoisotopic (exact) mass is 375 g/mol. The maximum absolute atomic E-state index is 6.06. The van der Waals surface area contributed by atoms with Crippen molar-refractivity contribution in [3.8, 4) is 0 Å². The Kier molecular flexibility index (Phi) is 9.06. The van der Waals surface area contributed by atoms with Crippen LogP contribution in [0.5, 0.6) is 0 Å². The summed E-state index contributed by atoms with van der Waals surface area (Å²) in [5.41, 5.74) is 3.87. The normalized spacial score (nSPS) is 9.95. The van der Waals surface area contributed by atoms with E-state index in [9.17, 15) is 0 Å². The van der Waals surface area contributed by atoms with Gasteiger partial charge in [-0.3, -0.25) is 4.99 Å². The van der Waals surface area contributed by atoms with Crippen molar-refractivity contribution in [3.63, 3.8) is 0 Å². The summed E-state index contributed by atoms with van der Waals surface area (Å²) in [7, 11) is 11.6. The molecule has 0 N–H and O–H groups in total. The van der Waals surface area contributed by atoms with E-state index in [1.807, 2.05) is 49.4 Å². The van der Waals surface area contributed by atoms with Crippen LogP contribution in [0.25, 0.3) is 5.32 Å². The molecule has 0 unspecified atom stereocenters. The van der Waals surface area contributed by atoms with Gasteiger partial charge < -0.3 is 5.32 Å². The molecule has 0 aliphatic rings. The van der Waals surface area contributed by atoms with Gasteiger partial charge >= 0.3 is 35.6 Å². The molecule has 0 radical (unpaired) electrons. The zero-order valence-corrected chi connectivity index (χ0v) is 15.5. The van der Waals surface area contributed by atoms with Crippen LogP contribution in [0.3, 0.4) is 0 Å². The fourth-order valence-electron chi connectivity index (χ4n) is 1.79. The second-order valence-corrected chi connectivity index (χ2v) is 7.00. The van der Waals surface area contributed by atoms with E-state index in [0.29, 0.717) is 5.02 Å². The number of aryl methyl sites for hydroxylation is 1. The number of hydrogen-bond donors (Lipinski definition) is 0. The first-order valence-corrected chi connectivity index (χ1v) is 10.8. The fourth-order valence-corrected chi connectivity index (χ4v) is 1.97. The van der Waals surface area contributed by atoms with Crippen LogP contribution in [0.1, 0.15) is 11.1 Å². The summed E-state index contributed by atoms with van der Waals surface area (Å²) in [6, 6.07) is 13.6. The van der Waals surface area contributed by atoms with Gasteiger partial charge in [0.15, 0.2) is 0 Å². The summed E-state index contributed by atoms with van der Waals surface area (Å²) in [5, 5.41) is 4.93. The third-order valence-corrected chi connectivity index (χ3v) is 3.01. The number of aliphatic imine (C=N–C) groups is 1. The molecule has 0 amide bonds. The molecule has 0 saturated heterocycles. The summed E-state index contributed by atoms with van der Waals surface area (Å²) in [6.07, 6.45) is 1.80. The van der Waals surface area contributed by atoms with E-state index in [4.69, 9.17) is 30.2 Å². The van der Waals surface area contributed by atoms with Crippen molar-refractivity contribution in [2.45, 2.75) is 6.92 Å². The van der Waals surface area contributed by atoms with Gasteiger partial charge in [-0.15, -0.1) is 12.7 Å². The SMILES string of the molecule is C[N-]c1c(C)cccc1C=Nc1ccccc1Cl.[Cl][Ti][Cl]. The van der Waals surface area contributed by atoms with Gasteiger partial charge in [-0.25, -0.2) is 0 Å². The Morgan fingerprint density at radius 1 is 1.10 bits per heavy atom. The van der Waals surface area contributed by atoms with E-state index in [-0.39, 0.29) is 0 Å². The van der Waals surface area contributed by atoms with E-state index in [1.54, 1.807) is 13.3 Å². The number of benzene rings is 2. The molecule has 2 rings (SSSR count). The molecule has 21 heavy (non-hydrogen) atoms. The maximum atomic E-state index is 6.06. The van der Waals surface area contributed by atoms with Gasteiger partial charge in [0.1, 0.15) is 0 Å². The predicted molar refractivity (Wildman–Crippen MR) is 90.5 cm³/mol. The Labute approximate surface area is 147 Å². The number of para-hydroxylation sites is 2. The molecular formula is C15H14Cl3N2Ti-. The van der Waals surface area contributed by atoms with Crippen LogP contribution in [-0.4, -0.2) is 13.3 Å². The predicted octanol–water partition coefficient (Wildman–Crippen LogP) is 6.41. The van der Waals surface area contributed by atoms with Crippen molar-refractivity contribution in [3.05, 3.63) is 63.9 Å². The van der Waals surface area contributed by atoms with Gasteiger partial charge in [0.2, 0.25) is 0 Å². The van der Waals surface area contributed by atoms with E-state index in [2.05, 4.69) is 10.3 Å². The summed E-state index contributed by atoms with van der Waals surface area (Å²) >= 11 is 5.50. The third-order valence-electron chi connectivity index (χ3n) is 2.69. The molecule has 0 atom stereocenters. The number of halogens is 3. The summed E-state index contributed by atoms with van der Waals surface area (Å²) < 4.78 is 0. The second-order valence-electron chi connectivity index (χ2n) is 4.02. The standard InChI is InChI=1S/C15H14ClN2.2ClH.Ti/c1-11-6-5-7-12(15(11)17-2)10-18-14-9-4-3-8-13(14)16;;;/h3-10H,1-2H3;2*1H;/q-1;;;+2/p-2. The topological polar surface area (TPSA) is 26.5 Å². The minimum absolute atomic E-state index is 0.556. The van der Waals surface area contributed by atoms with Crippen molar-refractivity contribution in [2.75, 3.05) is 7.05 Å². The van der Waals surface area contributed by atoms with E-state index < -0.39 is 17.0 Å².